The van der Waals surface area contributed by atoms with Crippen LogP contribution in [0.15, 0.2) is 18.2 Å². The summed E-state index contributed by atoms with van der Waals surface area (Å²) >= 11 is 0. The number of hydrogen-bond donors (Lipinski definition) is 1. The molecule has 110 valence electrons. The van der Waals surface area contributed by atoms with Gasteiger partial charge in [-0.2, -0.15) is 0 Å². The summed E-state index contributed by atoms with van der Waals surface area (Å²) in [4.78, 5) is 12.9. The second kappa shape index (κ2) is 7.33. The maximum Gasteiger partial charge on any atom is 0.272 e. The lowest BCUT2D eigenvalue weighted by Gasteiger charge is -2.26. The van der Waals surface area contributed by atoms with Crippen molar-refractivity contribution in [3.8, 4) is 0 Å². The van der Waals surface area contributed by atoms with E-state index < -0.39 is 0 Å². The summed E-state index contributed by atoms with van der Waals surface area (Å²) in [5.41, 5.74) is 1.84. The van der Waals surface area contributed by atoms with Gasteiger partial charge in [-0.25, -0.2) is 0 Å². The number of morpholine rings is 1. The number of benzene rings is 1. The van der Waals surface area contributed by atoms with Gasteiger partial charge in [0, 0.05) is 44.4 Å². The van der Waals surface area contributed by atoms with Gasteiger partial charge < -0.3 is 10.1 Å². The van der Waals surface area contributed by atoms with Crippen molar-refractivity contribution in [2.24, 2.45) is 0 Å². The third-order valence-corrected chi connectivity index (χ3v) is 3.51. The summed E-state index contributed by atoms with van der Waals surface area (Å²) in [5, 5.41) is 14.2. The largest absolute Gasteiger partial charge is 0.379 e. The Balaban J connectivity index is 1.76. The highest BCUT2D eigenvalue weighted by molar-refractivity contribution is 5.42. The molecular formula is C14H21N3O3. The maximum absolute atomic E-state index is 10.9. The molecule has 0 atom stereocenters. The number of rotatable bonds is 6. The number of nitro benzene ring substituents is 1. The highest BCUT2D eigenvalue weighted by Crippen LogP contribution is 2.18. The molecule has 1 saturated heterocycles. The molecule has 0 unspecified atom stereocenters. The Labute approximate surface area is 118 Å². The van der Waals surface area contributed by atoms with Crippen molar-refractivity contribution in [3.63, 3.8) is 0 Å². The monoisotopic (exact) mass is 279 g/mol. The van der Waals surface area contributed by atoms with Gasteiger partial charge in [0.15, 0.2) is 0 Å². The first kappa shape index (κ1) is 14.9. The molecule has 1 heterocycles. The average molecular weight is 279 g/mol. The number of ether oxygens (including phenoxy) is 1. The number of nitrogens with zero attached hydrogens (tertiary/aromatic N) is 2. The lowest BCUT2D eigenvalue weighted by atomic mass is 10.1. The van der Waals surface area contributed by atoms with Crippen LogP contribution < -0.4 is 5.32 Å². The van der Waals surface area contributed by atoms with Gasteiger partial charge in [-0.05, 0) is 12.5 Å². The molecule has 0 amide bonds. The second-order valence-electron chi connectivity index (χ2n) is 5.01. The van der Waals surface area contributed by atoms with Gasteiger partial charge in [-0.15, -0.1) is 0 Å². The summed E-state index contributed by atoms with van der Waals surface area (Å²) in [5.74, 6) is 0. The standard InChI is InChI=1S/C14H21N3O3/c1-12-2-3-13(10-14(12)17(18)19)11-15-4-5-16-6-8-20-9-7-16/h2-3,10,15H,4-9,11H2,1H3. The Morgan fingerprint density at radius 2 is 2.15 bits per heavy atom. The van der Waals surface area contributed by atoms with Crippen LogP contribution in [0.25, 0.3) is 0 Å². The van der Waals surface area contributed by atoms with Crippen LogP contribution in [0.5, 0.6) is 0 Å². The molecule has 1 fully saturated rings. The molecule has 0 saturated carbocycles. The van der Waals surface area contributed by atoms with Crippen molar-refractivity contribution >= 4 is 5.69 Å². The molecule has 20 heavy (non-hydrogen) atoms. The average Bonchev–Trinajstić information content (AvgIpc) is 2.46. The molecule has 0 aliphatic carbocycles. The fourth-order valence-corrected chi connectivity index (χ4v) is 2.26. The molecule has 0 bridgehead atoms. The van der Waals surface area contributed by atoms with Gasteiger partial charge in [0.25, 0.3) is 5.69 Å². The lowest BCUT2D eigenvalue weighted by molar-refractivity contribution is -0.385. The first-order chi connectivity index (χ1) is 9.66. The van der Waals surface area contributed by atoms with Crippen LogP contribution in [-0.2, 0) is 11.3 Å². The predicted octanol–water partition coefficient (Wildman–Crippen LogP) is 1.33. The van der Waals surface area contributed by atoms with E-state index in [1.54, 1.807) is 19.1 Å². The molecule has 0 aromatic heterocycles. The molecule has 6 heteroatoms. The molecule has 1 N–H and O–H groups in total. The molecule has 2 rings (SSSR count). The van der Waals surface area contributed by atoms with E-state index in [0.717, 1.165) is 45.0 Å². The van der Waals surface area contributed by atoms with Crippen molar-refractivity contribution in [1.82, 2.24) is 10.2 Å². The van der Waals surface area contributed by atoms with E-state index in [1.807, 2.05) is 6.07 Å². The van der Waals surface area contributed by atoms with Crippen LogP contribution in [-0.4, -0.2) is 49.2 Å². The highest BCUT2D eigenvalue weighted by atomic mass is 16.6. The summed E-state index contributed by atoms with van der Waals surface area (Å²) in [6, 6.07) is 5.39. The second-order valence-corrected chi connectivity index (χ2v) is 5.01. The number of nitrogens with one attached hydrogen (secondary N) is 1. The van der Waals surface area contributed by atoms with E-state index >= 15 is 0 Å². The van der Waals surface area contributed by atoms with Crippen molar-refractivity contribution in [2.45, 2.75) is 13.5 Å². The Morgan fingerprint density at radius 3 is 2.85 bits per heavy atom. The Kier molecular flexibility index (Phi) is 5.46. The molecule has 0 radical (unpaired) electrons. The predicted molar refractivity (Wildman–Crippen MR) is 76.8 cm³/mol. The smallest absolute Gasteiger partial charge is 0.272 e. The third-order valence-electron chi connectivity index (χ3n) is 3.51. The van der Waals surface area contributed by atoms with Gasteiger partial charge in [-0.1, -0.05) is 12.1 Å². The Hall–Kier alpha value is -1.50. The van der Waals surface area contributed by atoms with Gasteiger partial charge in [0.2, 0.25) is 0 Å². The zero-order chi connectivity index (χ0) is 14.4. The minimum atomic E-state index is -0.327. The molecule has 1 aliphatic rings. The number of hydrogen-bond acceptors (Lipinski definition) is 5. The first-order valence-corrected chi connectivity index (χ1v) is 6.91. The van der Waals surface area contributed by atoms with Crippen molar-refractivity contribution < 1.29 is 9.66 Å². The van der Waals surface area contributed by atoms with Gasteiger partial charge >= 0.3 is 0 Å². The fraction of sp³-hybridized carbons (Fsp3) is 0.571. The van der Waals surface area contributed by atoms with Crippen molar-refractivity contribution in [3.05, 3.63) is 39.4 Å². The van der Waals surface area contributed by atoms with Gasteiger partial charge in [0.05, 0.1) is 18.1 Å². The minimum Gasteiger partial charge on any atom is -0.379 e. The van der Waals surface area contributed by atoms with Crippen LogP contribution in [0, 0.1) is 17.0 Å². The Morgan fingerprint density at radius 1 is 1.40 bits per heavy atom. The van der Waals surface area contributed by atoms with E-state index in [2.05, 4.69) is 10.2 Å². The molecule has 1 aromatic rings. The normalized spacial score (nSPS) is 16.2. The van der Waals surface area contributed by atoms with Crippen LogP contribution in [0.3, 0.4) is 0 Å². The van der Waals surface area contributed by atoms with Crippen LogP contribution in [0.1, 0.15) is 11.1 Å². The molecule has 0 spiro atoms. The zero-order valence-corrected chi connectivity index (χ0v) is 11.8. The summed E-state index contributed by atoms with van der Waals surface area (Å²) in [6.45, 7) is 7.86. The quantitative estimate of drug-likeness (QED) is 0.483. The molecule has 1 aliphatic heterocycles. The zero-order valence-electron chi connectivity index (χ0n) is 11.8. The summed E-state index contributed by atoms with van der Waals surface area (Å²) < 4.78 is 5.30. The Bertz CT molecular complexity index is 459. The van der Waals surface area contributed by atoms with Crippen molar-refractivity contribution in [2.75, 3.05) is 39.4 Å². The van der Waals surface area contributed by atoms with Crippen LogP contribution in [0.4, 0.5) is 5.69 Å². The van der Waals surface area contributed by atoms with E-state index in [0.29, 0.717) is 12.1 Å². The highest BCUT2D eigenvalue weighted by Gasteiger charge is 2.11. The van der Waals surface area contributed by atoms with E-state index in [9.17, 15) is 10.1 Å². The SMILES string of the molecule is Cc1ccc(CNCCN2CCOCC2)cc1[N+](=O)[O-]. The molecule has 6 nitrogen and oxygen atoms in total. The molecule has 1 aromatic carbocycles. The van der Waals surface area contributed by atoms with Crippen LogP contribution >= 0.6 is 0 Å². The van der Waals surface area contributed by atoms with E-state index in [4.69, 9.17) is 4.74 Å². The first-order valence-electron chi connectivity index (χ1n) is 6.91. The number of aryl methyl sites for hydroxylation is 1. The lowest BCUT2D eigenvalue weighted by Crippen LogP contribution is -2.40. The van der Waals surface area contributed by atoms with Crippen LogP contribution in [0.2, 0.25) is 0 Å². The van der Waals surface area contributed by atoms with Gasteiger partial charge in [0.1, 0.15) is 0 Å². The topological polar surface area (TPSA) is 67.6 Å². The summed E-state index contributed by atoms with van der Waals surface area (Å²) in [7, 11) is 0. The van der Waals surface area contributed by atoms with E-state index in [-0.39, 0.29) is 10.6 Å². The summed E-state index contributed by atoms with van der Waals surface area (Å²) in [6.07, 6.45) is 0. The van der Waals surface area contributed by atoms with Crippen molar-refractivity contribution in [1.29, 1.82) is 0 Å². The maximum atomic E-state index is 10.9. The third kappa shape index (κ3) is 4.26. The van der Waals surface area contributed by atoms with E-state index in [1.165, 1.54) is 0 Å². The minimum absolute atomic E-state index is 0.192. The van der Waals surface area contributed by atoms with Gasteiger partial charge in [-0.3, -0.25) is 15.0 Å². The fourth-order valence-electron chi connectivity index (χ4n) is 2.26. The molecular weight excluding hydrogens is 258 g/mol. The number of nitro groups is 1.